The summed E-state index contributed by atoms with van der Waals surface area (Å²) in [5, 5.41) is 5.60. The van der Waals surface area contributed by atoms with Crippen molar-refractivity contribution < 1.29 is 9.47 Å². The van der Waals surface area contributed by atoms with Gasteiger partial charge in [0.1, 0.15) is 4.60 Å². The van der Waals surface area contributed by atoms with Crippen LogP contribution in [0.2, 0.25) is 0 Å². The third-order valence-corrected chi connectivity index (χ3v) is 4.30. The Labute approximate surface area is 112 Å². The maximum absolute atomic E-state index is 5.66. The first-order chi connectivity index (χ1) is 8.77. The highest BCUT2D eigenvalue weighted by atomic mass is 79.9. The van der Waals surface area contributed by atoms with E-state index >= 15 is 0 Å². The van der Waals surface area contributed by atoms with Crippen molar-refractivity contribution in [3.63, 3.8) is 0 Å². The van der Waals surface area contributed by atoms with Crippen LogP contribution in [0.15, 0.2) is 23.1 Å². The van der Waals surface area contributed by atoms with Crippen LogP contribution in [0.4, 0.5) is 0 Å². The standard InChI is InChI=1S/C12H12BrN3O2/c13-11-9-7-14-2-1-10(9)16(15-11)8-5-12(6-8)17-3-4-18-12/h1-2,7-8H,3-6H2. The Kier molecular flexibility index (Phi) is 2.27. The van der Waals surface area contributed by atoms with Gasteiger partial charge >= 0.3 is 0 Å². The molecular formula is C12H12BrN3O2. The molecule has 2 fully saturated rings. The average molecular weight is 310 g/mol. The van der Waals surface area contributed by atoms with E-state index in [0.29, 0.717) is 19.3 Å². The minimum Gasteiger partial charge on any atom is -0.347 e. The van der Waals surface area contributed by atoms with E-state index in [1.54, 1.807) is 6.20 Å². The first kappa shape index (κ1) is 10.9. The van der Waals surface area contributed by atoms with Gasteiger partial charge in [0.2, 0.25) is 0 Å². The monoisotopic (exact) mass is 309 g/mol. The summed E-state index contributed by atoms with van der Waals surface area (Å²) in [6, 6.07) is 2.34. The summed E-state index contributed by atoms with van der Waals surface area (Å²) in [5.41, 5.74) is 1.11. The van der Waals surface area contributed by atoms with Crippen molar-refractivity contribution in [3.8, 4) is 0 Å². The van der Waals surface area contributed by atoms with Crippen molar-refractivity contribution in [1.29, 1.82) is 0 Å². The zero-order valence-corrected chi connectivity index (χ0v) is 11.3. The van der Waals surface area contributed by atoms with Crippen LogP contribution in [0.5, 0.6) is 0 Å². The summed E-state index contributed by atoms with van der Waals surface area (Å²) in [5.74, 6) is -0.331. The molecule has 4 rings (SSSR count). The molecule has 18 heavy (non-hydrogen) atoms. The third kappa shape index (κ3) is 1.46. The summed E-state index contributed by atoms with van der Waals surface area (Å²) in [6.45, 7) is 1.42. The normalized spacial score (nSPS) is 22.7. The van der Waals surface area contributed by atoms with Crippen LogP contribution >= 0.6 is 15.9 Å². The van der Waals surface area contributed by atoms with Crippen molar-refractivity contribution >= 4 is 26.8 Å². The molecule has 0 aromatic carbocycles. The number of ether oxygens (including phenoxy) is 2. The fourth-order valence-corrected chi connectivity index (χ4v) is 3.27. The molecule has 0 amide bonds. The van der Waals surface area contributed by atoms with Gasteiger partial charge in [-0.15, -0.1) is 0 Å². The average Bonchev–Trinajstić information content (AvgIpc) is 2.93. The van der Waals surface area contributed by atoms with E-state index in [4.69, 9.17) is 9.47 Å². The van der Waals surface area contributed by atoms with Gasteiger partial charge in [0, 0.05) is 25.2 Å². The van der Waals surface area contributed by atoms with Gasteiger partial charge in [0.15, 0.2) is 5.79 Å². The minimum atomic E-state index is -0.331. The summed E-state index contributed by atoms with van der Waals surface area (Å²) in [4.78, 5) is 4.13. The zero-order valence-electron chi connectivity index (χ0n) is 9.67. The molecule has 2 aromatic heterocycles. The van der Waals surface area contributed by atoms with Gasteiger partial charge in [0.05, 0.1) is 30.2 Å². The van der Waals surface area contributed by atoms with Crippen molar-refractivity contribution in [2.24, 2.45) is 0 Å². The first-order valence-electron chi connectivity index (χ1n) is 6.03. The van der Waals surface area contributed by atoms with Gasteiger partial charge in [0.25, 0.3) is 0 Å². The Morgan fingerprint density at radius 1 is 1.33 bits per heavy atom. The van der Waals surface area contributed by atoms with Crippen molar-refractivity contribution in [2.75, 3.05) is 13.2 Å². The summed E-state index contributed by atoms with van der Waals surface area (Å²) < 4.78 is 14.2. The van der Waals surface area contributed by atoms with Gasteiger partial charge < -0.3 is 9.47 Å². The lowest BCUT2D eigenvalue weighted by atomic mass is 9.85. The summed E-state index contributed by atoms with van der Waals surface area (Å²) in [6.07, 6.45) is 5.38. The van der Waals surface area contributed by atoms with Crippen LogP contribution < -0.4 is 0 Å². The maximum atomic E-state index is 5.66. The number of rotatable bonds is 1. The maximum Gasteiger partial charge on any atom is 0.172 e. The van der Waals surface area contributed by atoms with Crippen LogP contribution in [0.1, 0.15) is 18.9 Å². The van der Waals surface area contributed by atoms with Gasteiger partial charge in [-0.25, -0.2) is 0 Å². The fraction of sp³-hybridized carbons (Fsp3) is 0.500. The summed E-state index contributed by atoms with van der Waals surface area (Å²) in [7, 11) is 0. The molecule has 2 aliphatic rings. The predicted molar refractivity (Wildman–Crippen MR) is 68.1 cm³/mol. The molecule has 1 aliphatic heterocycles. The molecule has 0 radical (unpaired) electrons. The van der Waals surface area contributed by atoms with Crippen molar-refractivity contribution in [3.05, 3.63) is 23.1 Å². The van der Waals surface area contributed by atoms with Gasteiger partial charge in [-0.05, 0) is 22.0 Å². The van der Waals surface area contributed by atoms with Crippen LogP contribution in [-0.4, -0.2) is 33.8 Å². The highest BCUT2D eigenvalue weighted by Gasteiger charge is 2.50. The fourth-order valence-electron chi connectivity index (χ4n) is 2.79. The molecule has 0 unspecified atom stereocenters. The lowest BCUT2D eigenvalue weighted by Gasteiger charge is -2.42. The number of hydrogen-bond donors (Lipinski definition) is 0. The zero-order chi connectivity index (χ0) is 12.2. The minimum absolute atomic E-state index is 0.331. The van der Waals surface area contributed by atoms with E-state index in [1.165, 1.54) is 0 Å². The molecule has 0 bridgehead atoms. The largest absolute Gasteiger partial charge is 0.347 e. The van der Waals surface area contributed by atoms with Crippen molar-refractivity contribution in [1.82, 2.24) is 14.8 Å². The smallest absolute Gasteiger partial charge is 0.172 e. The summed E-state index contributed by atoms with van der Waals surface area (Å²) >= 11 is 3.48. The molecule has 5 nitrogen and oxygen atoms in total. The lowest BCUT2D eigenvalue weighted by Crippen LogP contribution is -2.45. The molecule has 3 heterocycles. The second kappa shape index (κ2) is 3.76. The molecule has 6 heteroatoms. The van der Waals surface area contributed by atoms with Gasteiger partial charge in [-0.1, -0.05) is 0 Å². The Balaban J connectivity index is 1.68. The van der Waals surface area contributed by atoms with Gasteiger partial charge in [-0.2, -0.15) is 5.10 Å². The molecule has 1 saturated heterocycles. The number of nitrogens with zero attached hydrogens (tertiary/aromatic N) is 3. The lowest BCUT2D eigenvalue weighted by molar-refractivity contribution is -0.226. The van der Waals surface area contributed by atoms with Crippen LogP contribution in [0.25, 0.3) is 10.9 Å². The second-order valence-corrected chi connectivity index (χ2v) is 5.55. The number of hydrogen-bond acceptors (Lipinski definition) is 4. The van der Waals surface area contributed by atoms with E-state index in [9.17, 15) is 0 Å². The van der Waals surface area contributed by atoms with Crippen LogP contribution in [-0.2, 0) is 9.47 Å². The third-order valence-electron chi connectivity index (χ3n) is 3.72. The SMILES string of the molecule is Brc1nn(C2CC3(C2)OCCO3)c2ccncc12. The van der Waals surface area contributed by atoms with Crippen LogP contribution in [0.3, 0.4) is 0 Å². The topological polar surface area (TPSA) is 49.2 Å². The second-order valence-electron chi connectivity index (χ2n) is 4.80. The Hall–Kier alpha value is -0.980. The van der Waals surface area contributed by atoms with E-state index in [1.807, 2.05) is 12.3 Å². The molecule has 0 N–H and O–H groups in total. The first-order valence-corrected chi connectivity index (χ1v) is 6.82. The van der Waals surface area contributed by atoms with Gasteiger partial charge in [-0.3, -0.25) is 9.67 Å². The van der Waals surface area contributed by atoms with E-state index < -0.39 is 0 Å². The molecule has 1 spiro atoms. The number of pyridine rings is 1. The Bertz CT molecular complexity index is 598. The predicted octanol–water partition coefficient (Wildman–Crippen LogP) is 2.27. The van der Waals surface area contributed by atoms with E-state index in [-0.39, 0.29) is 5.79 Å². The van der Waals surface area contributed by atoms with E-state index in [0.717, 1.165) is 28.3 Å². The molecule has 0 atom stereocenters. The van der Waals surface area contributed by atoms with E-state index in [2.05, 4.69) is 30.7 Å². The Morgan fingerprint density at radius 2 is 2.11 bits per heavy atom. The number of fused-ring (bicyclic) bond motifs is 1. The number of aromatic nitrogens is 3. The highest BCUT2D eigenvalue weighted by molar-refractivity contribution is 9.10. The quantitative estimate of drug-likeness (QED) is 0.811. The molecule has 94 valence electrons. The Morgan fingerprint density at radius 3 is 2.89 bits per heavy atom. The molecule has 1 saturated carbocycles. The highest BCUT2D eigenvalue weighted by Crippen LogP contribution is 2.47. The molecule has 1 aliphatic carbocycles. The number of halogens is 1. The van der Waals surface area contributed by atoms with Crippen LogP contribution in [0, 0.1) is 0 Å². The molecular weight excluding hydrogens is 298 g/mol. The van der Waals surface area contributed by atoms with Crippen molar-refractivity contribution in [2.45, 2.75) is 24.7 Å². The molecule has 2 aromatic rings.